The normalized spacial score (nSPS) is 14.8. The summed E-state index contributed by atoms with van der Waals surface area (Å²) in [5, 5.41) is 10.5. The van der Waals surface area contributed by atoms with Crippen molar-refractivity contribution >= 4 is 39.5 Å². The van der Waals surface area contributed by atoms with Gasteiger partial charge in [-0.3, -0.25) is 37.3 Å². The second kappa shape index (κ2) is 51.0. The largest absolute Gasteiger partial charge is 0.472 e. The number of esters is 4. The number of phosphoric ester groups is 2. The van der Waals surface area contributed by atoms with Gasteiger partial charge in [-0.05, 0) is 37.5 Å². The van der Waals surface area contributed by atoms with Gasteiger partial charge in [-0.1, -0.05) is 228 Å². The number of aliphatic hydroxyl groups is 1. The van der Waals surface area contributed by atoms with E-state index in [1.165, 1.54) is 64.2 Å². The van der Waals surface area contributed by atoms with Crippen molar-refractivity contribution < 1.29 is 80.2 Å². The monoisotopic (exact) mass is 1140 g/mol. The lowest BCUT2D eigenvalue weighted by Gasteiger charge is -2.21. The smallest absolute Gasteiger partial charge is 0.462 e. The maximum absolute atomic E-state index is 12.9. The second-order valence-electron chi connectivity index (χ2n) is 21.7. The van der Waals surface area contributed by atoms with Gasteiger partial charge in [0, 0.05) is 25.7 Å². The number of carbonyl (C=O) groups excluding carboxylic acids is 4. The molecule has 0 amide bonds. The summed E-state index contributed by atoms with van der Waals surface area (Å²) in [5.41, 5.74) is 0. The molecule has 3 unspecified atom stereocenters. The molecule has 6 atom stereocenters. The average molecular weight is 1140 g/mol. The Morgan fingerprint density at radius 1 is 0.377 bits per heavy atom. The first kappa shape index (κ1) is 75.1. The number of hydrogen-bond donors (Lipinski definition) is 3. The van der Waals surface area contributed by atoms with Crippen LogP contribution in [0.3, 0.4) is 0 Å². The summed E-state index contributed by atoms with van der Waals surface area (Å²) in [6, 6.07) is 0. The van der Waals surface area contributed by atoms with Crippen molar-refractivity contribution in [3.8, 4) is 0 Å². The van der Waals surface area contributed by atoms with Crippen LogP contribution in [-0.2, 0) is 65.4 Å². The fourth-order valence-electron chi connectivity index (χ4n) is 8.44. The lowest BCUT2D eigenvalue weighted by atomic mass is 9.99. The number of hydrogen-bond acceptors (Lipinski definition) is 15. The predicted octanol–water partition coefficient (Wildman–Crippen LogP) is 15.3. The van der Waals surface area contributed by atoms with Crippen LogP contribution in [0.25, 0.3) is 0 Å². The fraction of sp³-hybridized carbons (Fsp3) is 0.931. The van der Waals surface area contributed by atoms with E-state index in [9.17, 15) is 43.2 Å². The molecule has 0 aromatic rings. The molecule has 0 bridgehead atoms. The standard InChI is InChI=1S/C58H112O17P2/c1-7-10-12-14-20-28-34-40-55(60)68-46-53(74-57(62)42-36-30-21-15-13-11-8-2)48-72-76(64,65)70-44-52(59)45-71-77(66,67)73-49-54(47-69-56(61)41-35-29-25-24-26-32-38-50(4)5)75-58(63)43-37-31-23-19-17-16-18-22-27-33-39-51(6)9-3/h50-54,59H,7-49H2,1-6H3,(H,64,65)(H,66,67)/t51?,52-,53+,54+/m0/s1. The van der Waals surface area contributed by atoms with Gasteiger partial charge in [0.05, 0.1) is 26.4 Å². The van der Waals surface area contributed by atoms with Crippen LogP contribution in [0.2, 0.25) is 0 Å². The predicted molar refractivity (Wildman–Crippen MR) is 303 cm³/mol. The van der Waals surface area contributed by atoms with Gasteiger partial charge in [0.2, 0.25) is 0 Å². The molecule has 19 heteroatoms. The van der Waals surface area contributed by atoms with Crippen LogP contribution in [0.15, 0.2) is 0 Å². The van der Waals surface area contributed by atoms with Crippen LogP contribution in [0.4, 0.5) is 0 Å². The highest BCUT2D eigenvalue weighted by Gasteiger charge is 2.30. The average Bonchev–Trinajstić information content (AvgIpc) is 3.39. The second-order valence-corrected chi connectivity index (χ2v) is 24.7. The Bertz CT molecular complexity index is 1530. The molecular formula is C58H112O17P2. The van der Waals surface area contributed by atoms with E-state index in [1.807, 2.05) is 0 Å². The number of ether oxygens (including phenoxy) is 4. The van der Waals surface area contributed by atoms with E-state index in [1.54, 1.807) is 0 Å². The minimum absolute atomic E-state index is 0.103. The maximum atomic E-state index is 12.9. The molecule has 17 nitrogen and oxygen atoms in total. The summed E-state index contributed by atoms with van der Waals surface area (Å²) in [7, 11) is -9.86. The molecule has 0 aliphatic heterocycles. The van der Waals surface area contributed by atoms with E-state index < -0.39 is 97.5 Å². The van der Waals surface area contributed by atoms with E-state index >= 15 is 0 Å². The number of rotatable bonds is 57. The van der Waals surface area contributed by atoms with E-state index in [0.717, 1.165) is 128 Å². The summed E-state index contributed by atoms with van der Waals surface area (Å²) in [5.74, 6) is -0.671. The quantitative estimate of drug-likeness (QED) is 0.0222. The van der Waals surface area contributed by atoms with E-state index in [-0.39, 0.29) is 25.7 Å². The molecule has 0 aliphatic carbocycles. The molecule has 0 heterocycles. The Hall–Kier alpha value is -1.94. The zero-order valence-corrected chi connectivity index (χ0v) is 51.0. The van der Waals surface area contributed by atoms with E-state index in [4.69, 9.17) is 37.0 Å². The Labute approximate surface area is 467 Å². The minimum atomic E-state index is -4.94. The van der Waals surface area contributed by atoms with Crippen LogP contribution < -0.4 is 0 Å². The van der Waals surface area contributed by atoms with Crippen molar-refractivity contribution in [2.75, 3.05) is 39.6 Å². The molecule has 77 heavy (non-hydrogen) atoms. The van der Waals surface area contributed by atoms with E-state index in [2.05, 4.69) is 41.5 Å². The highest BCUT2D eigenvalue weighted by atomic mass is 31.2. The van der Waals surface area contributed by atoms with Gasteiger partial charge in [-0.25, -0.2) is 9.13 Å². The van der Waals surface area contributed by atoms with E-state index in [0.29, 0.717) is 31.6 Å². The Morgan fingerprint density at radius 3 is 0.987 bits per heavy atom. The molecule has 0 saturated carbocycles. The zero-order valence-electron chi connectivity index (χ0n) is 49.2. The fourth-order valence-corrected chi connectivity index (χ4v) is 10.0. The lowest BCUT2D eigenvalue weighted by Crippen LogP contribution is -2.30. The number of phosphoric acid groups is 2. The molecule has 0 fully saturated rings. The van der Waals surface area contributed by atoms with Crippen molar-refractivity contribution in [1.82, 2.24) is 0 Å². The summed E-state index contributed by atoms with van der Waals surface area (Å²) < 4.78 is 67.5. The first-order chi connectivity index (χ1) is 36.9. The Morgan fingerprint density at radius 2 is 0.662 bits per heavy atom. The molecule has 0 aromatic carbocycles. The summed E-state index contributed by atoms with van der Waals surface area (Å²) in [6.07, 6.45) is 31.0. The van der Waals surface area contributed by atoms with Crippen molar-refractivity contribution in [2.45, 2.75) is 297 Å². The topological polar surface area (TPSA) is 237 Å². The third kappa shape index (κ3) is 51.9. The molecule has 456 valence electrons. The van der Waals surface area contributed by atoms with Crippen LogP contribution in [-0.4, -0.2) is 96.7 Å². The molecule has 3 N–H and O–H groups in total. The Kier molecular flexibility index (Phi) is 49.7. The number of aliphatic hydroxyl groups excluding tert-OH is 1. The van der Waals surface area contributed by atoms with Gasteiger partial charge in [0.15, 0.2) is 12.2 Å². The highest BCUT2D eigenvalue weighted by Crippen LogP contribution is 2.45. The van der Waals surface area contributed by atoms with Crippen LogP contribution >= 0.6 is 15.6 Å². The highest BCUT2D eigenvalue weighted by molar-refractivity contribution is 7.47. The van der Waals surface area contributed by atoms with Crippen LogP contribution in [0, 0.1) is 11.8 Å². The van der Waals surface area contributed by atoms with Gasteiger partial charge in [-0.15, -0.1) is 0 Å². The number of unbranched alkanes of at least 4 members (excludes halogenated alkanes) is 26. The molecule has 0 radical (unpaired) electrons. The molecule has 0 spiro atoms. The third-order valence-corrected chi connectivity index (χ3v) is 15.5. The van der Waals surface area contributed by atoms with Gasteiger partial charge in [0.1, 0.15) is 19.3 Å². The van der Waals surface area contributed by atoms with Crippen molar-refractivity contribution in [1.29, 1.82) is 0 Å². The van der Waals surface area contributed by atoms with Gasteiger partial charge < -0.3 is 33.8 Å². The molecular weight excluding hydrogens is 1030 g/mol. The summed E-state index contributed by atoms with van der Waals surface area (Å²) >= 11 is 0. The molecule has 0 rings (SSSR count). The zero-order chi connectivity index (χ0) is 57.3. The molecule has 0 aliphatic rings. The van der Waals surface area contributed by atoms with Gasteiger partial charge in [-0.2, -0.15) is 0 Å². The SMILES string of the molecule is CCCCCCCCCC(=O)OC[C@H](COP(=O)(O)OC[C@H](O)COP(=O)(O)OC[C@@H](COC(=O)CCCCCCCCC(C)C)OC(=O)CCCCCCCCCCCCC(C)CC)OC(=O)CCCCCCCCC. The summed E-state index contributed by atoms with van der Waals surface area (Å²) in [4.78, 5) is 71.7. The summed E-state index contributed by atoms with van der Waals surface area (Å²) in [6.45, 7) is 9.30. The van der Waals surface area contributed by atoms with Gasteiger partial charge in [0.25, 0.3) is 0 Å². The minimum Gasteiger partial charge on any atom is -0.462 e. The third-order valence-electron chi connectivity index (χ3n) is 13.6. The lowest BCUT2D eigenvalue weighted by molar-refractivity contribution is -0.161. The van der Waals surface area contributed by atoms with Crippen molar-refractivity contribution in [2.24, 2.45) is 11.8 Å². The first-order valence-electron chi connectivity index (χ1n) is 30.5. The van der Waals surface area contributed by atoms with Crippen molar-refractivity contribution in [3.05, 3.63) is 0 Å². The molecule has 0 saturated heterocycles. The maximum Gasteiger partial charge on any atom is 0.472 e. The number of carbonyl (C=O) groups is 4. The van der Waals surface area contributed by atoms with Gasteiger partial charge >= 0.3 is 39.5 Å². The van der Waals surface area contributed by atoms with Crippen LogP contribution in [0.1, 0.15) is 279 Å². The van der Waals surface area contributed by atoms with Crippen molar-refractivity contribution in [3.63, 3.8) is 0 Å². The van der Waals surface area contributed by atoms with Crippen LogP contribution in [0.5, 0.6) is 0 Å². The first-order valence-corrected chi connectivity index (χ1v) is 33.5. The molecule has 0 aromatic heterocycles. The Balaban J connectivity index is 5.19.